The van der Waals surface area contributed by atoms with Crippen LogP contribution in [0.2, 0.25) is 0 Å². The van der Waals surface area contributed by atoms with Gasteiger partial charge in [0.05, 0.1) is 11.9 Å². The maximum absolute atomic E-state index is 13.4. The molecule has 0 aromatic carbocycles. The molecule has 2 aromatic heterocycles. The van der Waals surface area contributed by atoms with Crippen molar-refractivity contribution >= 4 is 5.65 Å². The van der Waals surface area contributed by atoms with Gasteiger partial charge in [0.2, 0.25) is 0 Å². The van der Waals surface area contributed by atoms with E-state index in [1.54, 1.807) is 10.7 Å². The van der Waals surface area contributed by atoms with Gasteiger partial charge in [-0.1, -0.05) is 20.8 Å². The lowest BCUT2D eigenvalue weighted by atomic mass is 9.89. The van der Waals surface area contributed by atoms with Gasteiger partial charge in [0, 0.05) is 11.6 Å². The Bertz CT molecular complexity index is 571. The molecule has 4 heteroatoms. The second-order valence-electron chi connectivity index (χ2n) is 5.28. The Morgan fingerprint density at radius 3 is 2.94 bits per heavy atom. The Morgan fingerprint density at radius 2 is 2.19 bits per heavy atom. The topological polar surface area (TPSA) is 30.2 Å². The maximum atomic E-state index is 13.4. The van der Waals surface area contributed by atoms with Gasteiger partial charge in [-0.25, -0.2) is 13.9 Å². The maximum Gasteiger partial charge on any atom is 0.191 e. The van der Waals surface area contributed by atoms with Crippen LogP contribution in [0, 0.1) is 5.82 Å². The zero-order valence-electron chi connectivity index (χ0n) is 9.66. The molecule has 1 atom stereocenters. The summed E-state index contributed by atoms with van der Waals surface area (Å²) in [4.78, 5) is 4.15. The minimum absolute atomic E-state index is 0.0361. The highest BCUT2D eigenvalue weighted by atomic mass is 19.1. The summed E-state index contributed by atoms with van der Waals surface area (Å²) >= 11 is 0. The number of halogens is 1. The summed E-state index contributed by atoms with van der Waals surface area (Å²) in [5.74, 6) is 0.118. The summed E-state index contributed by atoms with van der Waals surface area (Å²) in [6, 6.07) is 0. The van der Waals surface area contributed by atoms with Crippen LogP contribution in [0.5, 0.6) is 0 Å². The molecule has 0 saturated carbocycles. The molecule has 2 aromatic rings. The third-order valence-electron chi connectivity index (χ3n) is 3.50. The Kier molecular flexibility index (Phi) is 1.71. The average molecular weight is 219 g/mol. The molecule has 0 fully saturated rings. The van der Waals surface area contributed by atoms with Gasteiger partial charge in [-0.3, -0.25) is 0 Å². The largest absolute Gasteiger partial charge is 0.234 e. The third-order valence-corrected chi connectivity index (χ3v) is 3.50. The van der Waals surface area contributed by atoms with Crippen LogP contribution >= 0.6 is 0 Å². The standard InChI is InChI=1S/C12H14FN3/c1-7-4-12(2,3)10-8(7)5-14-11-9(13)6-15-16(10)11/h5-7H,4H2,1-3H3. The van der Waals surface area contributed by atoms with Crippen LogP contribution in [-0.4, -0.2) is 14.6 Å². The predicted octanol–water partition coefficient (Wildman–Crippen LogP) is 2.65. The van der Waals surface area contributed by atoms with E-state index < -0.39 is 0 Å². The van der Waals surface area contributed by atoms with Gasteiger partial charge in [-0.05, 0) is 17.9 Å². The summed E-state index contributed by atoms with van der Waals surface area (Å²) in [7, 11) is 0. The molecule has 3 rings (SSSR count). The van der Waals surface area contributed by atoms with Crippen LogP contribution in [0.15, 0.2) is 12.4 Å². The van der Waals surface area contributed by atoms with Crippen LogP contribution in [0.4, 0.5) is 4.39 Å². The van der Waals surface area contributed by atoms with Gasteiger partial charge in [0.25, 0.3) is 0 Å². The van der Waals surface area contributed by atoms with E-state index in [-0.39, 0.29) is 11.2 Å². The van der Waals surface area contributed by atoms with Crippen molar-refractivity contribution in [1.82, 2.24) is 14.6 Å². The molecule has 1 unspecified atom stereocenters. The Hall–Kier alpha value is -1.45. The first kappa shape index (κ1) is 9.75. The number of fused-ring (bicyclic) bond motifs is 3. The summed E-state index contributed by atoms with van der Waals surface area (Å²) in [5, 5.41) is 4.10. The molecule has 1 aliphatic rings. The minimum Gasteiger partial charge on any atom is -0.234 e. The van der Waals surface area contributed by atoms with Crippen molar-refractivity contribution in [2.24, 2.45) is 0 Å². The van der Waals surface area contributed by atoms with E-state index in [0.29, 0.717) is 11.6 Å². The first-order valence-electron chi connectivity index (χ1n) is 5.53. The van der Waals surface area contributed by atoms with E-state index in [0.717, 1.165) is 12.1 Å². The fourth-order valence-corrected chi connectivity index (χ4v) is 2.93. The van der Waals surface area contributed by atoms with E-state index in [2.05, 4.69) is 30.9 Å². The van der Waals surface area contributed by atoms with Gasteiger partial charge in [-0.15, -0.1) is 0 Å². The second kappa shape index (κ2) is 2.81. The van der Waals surface area contributed by atoms with E-state index in [1.807, 2.05) is 0 Å². The molecule has 0 N–H and O–H groups in total. The van der Waals surface area contributed by atoms with Gasteiger partial charge in [0.15, 0.2) is 11.5 Å². The van der Waals surface area contributed by atoms with Crippen LogP contribution in [0.1, 0.15) is 44.4 Å². The molecule has 0 spiro atoms. The summed E-state index contributed by atoms with van der Waals surface area (Å²) in [5.41, 5.74) is 2.67. The molecular formula is C12H14FN3. The Balaban J connectivity index is 2.42. The zero-order valence-corrected chi connectivity index (χ0v) is 9.66. The molecular weight excluding hydrogens is 205 g/mol. The van der Waals surface area contributed by atoms with Crippen molar-refractivity contribution in [3.05, 3.63) is 29.5 Å². The molecule has 16 heavy (non-hydrogen) atoms. The Labute approximate surface area is 93.3 Å². The lowest BCUT2D eigenvalue weighted by molar-refractivity contribution is 0.471. The molecule has 0 saturated heterocycles. The van der Waals surface area contributed by atoms with Crippen molar-refractivity contribution in [3.8, 4) is 0 Å². The second-order valence-corrected chi connectivity index (χ2v) is 5.28. The molecule has 0 aliphatic heterocycles. The number of aromatic nitrogens is 3. The summed E-state index contributed by atoms with van der Waals surface area (Å²) < 4.78 is 15.1. The highest BCUT2D eigenvalue weighted by Crippen LogP contribution is 2.44. The van der Waals surface area contributed by atoms with Crippen LogP contribution < -0.4 is 0 Å². The number of hydrogen-bond donors (Lipinski definition) is 0. The van der Waals surface area contributed by atoms with Gasteiger partial charge in [0.1, 0.15) is 0 Å². The van der Waals surface area contributed by atoms with Crippen LogP contribution in [-0.2, 0) is 5.41 Å². The monoisotopic (exact) mass is 219 g/mol. The first-order chi connectivity index (χ1) is 7.50. The quantitative estimate of drug-likeness (QED) is 0.681. The van der Waals surface area contributed by atoms with E-state index in [9.17, 15) is 4.39 Å². The molecule has 0 radical (unpaired) electrons. The third kappa shape index (κ3) is 1.07. The van der Waals surface area contributed by atoms with Gasteiger partial charge >= 0.3 is 0 Å². The van der Waals surface area contributed by atoms with Crippen LogP contribution in [0.25, 0.3) is 5.65 Å². The van der Waals surface area contributed by atoms with Crippen molar-refractivity contribution in [2.45, 2.75) is 38.5 Å². The van der Waals surface area contributed by atoms with E-state index in [4.69, 9.17) is 0 Å². The fraction of sp³-hybridized carbons (Fsp3) is 0.500. The van der Waals surface area contributed by atoms with Crippen molar-refractivity contribution in [3.63, 3.8) is 0 Å². The first-order valence-corrected chi connectivity index (χ1v) is 5.53. The highest BCUT2D eigenvalue weighted by Gasteiger charge is 2.37. The molecule has 84 valence electrons. The molecule has 3 nitrogen and oxygen atoms in total. The molecule has 0 amide bonds. The SMILES string of the molecule is CC1CC(C)(C)c2c1cnc1c(F)cnn21. The number of rotatable bonds is 0. The highest BCUT2D eigenvalue weighted by molar-refractivity contribution is 5.46. The molecule has 0 bridgehead atoms. The van der Waals surface area contributed by atoms with Crippen molar-refractivity contribution < 1.29 is 4.39 Å². The van der Waals surface area contributed by atoms with Gasteiger partial charge in [-0.2, -0.15) is 5.10 Å². The normalized spacial score (nSPS) is 22.6. The van der Waals surface area contributed by atoms with E-state index in [1.165, 1.54) is 11.8 Å². The van der Waals surface area contributed by atoms with E-state index >= 15 is 0 Å². The lowest BCUT2D eigenvalue weighted by Crippen LogP contribution is -2.17. The number of hydrogen-bond acceptors (Lipinski definition) is 2. The lowest BCUT2D eigenvalue weighted by Gasteiger charge is -2.19. The fourth-order valence-electron chi connectivity index (χ4n) is 2.93. The molecule has 1 aliphatic carbocycles. The smallest absolute Gasteiger partial charge is 0.191 e. The summed E-state index contributed by atoms with van der Waals surface area (Å²) in [6.07, 6.45) is 4.10. The summed E-state index contributed by atoms with van der Waals surface area (Å²) in [6.45, 7) is 6.53. The molecule has 2 heterocycles. The predicted molar refractivity (Wildman–Crippen MR) is 59.0 cm³/mol. The van der Waals surface area contributed by atoms with Crippen molar-refractivity contribution in [1.29, 1.82) is 0 Å². The van der Waals surface area contributed by atoms with Crippen molar-refractivity contribution in [2.75, 3.05) is 0 Å². The Morgan fingerprint density at radius 1 is 1.44 bits per heavy atom. The average Bonchev–Trinajstić information content (AvgIpc) is 2.67. The minimum atomic E-state index is -0.349. The van der Waals surface area contributed by atoms with Crippen LogP contribution in [0.3, 0.4) is 0 Å². The zero-order chi connectivity index (χ0) is 11.5. The van der Waals surface area contributed by atoms with Gasteiger partial charge < -0.3 is 0 Å². The number of nitrogens with zero attached hydrogens (tertiary/aromatic N) is 3.